The maximum Gasteiger partial charge on any atom is 0.272 e. The molecule has 0 unspecified atom stereocenters. The number of carbonyl (C=O) groups excluding carboxylic acids is 3. The second-order valence-electron chi connectivity index (χ2n) is 6.71. The van der Waals surface area contributed by atoms with Gasteiger partial charge in [-0.3, -0.25) is 14.4 Å². The fraction of sp³-hybridized carbons (Fsp3) is 0.0800. The molecule has 0 aliphatic rings. The molecule has 3 rings (SSSR count). The Morgan fingerprint density at radius 3 is 2.23 bits per heavy atom. The minimum atomic E-state index is -0.532. The molecule has 2 amide bonds. The molecule has 2 N–H and O–H groups in total. The van der Waals surface area contributed by atoms with E-state index in [1.807, 2.05) is 6.07 Å². The molecule has 0 aliphatic heterocycles. The van der Waals surface area contributed by atoms with Crippen LogP contribution in [0.1, 0.15) is 33.2 Å². The summed E-state index contributed by atoms with van der Waals surface area (Å²) in [7, 11) is 1.53. The van der Waals surface area contributed by atoms with Gasteiger partial charge < -0.3 is 15.4 Å². The van der Waals surface area contributed by atoms with Gasteiger partial charge >= 0.3 is 0 Å². The van der Waals surface area contributed by atoms with Gasteiger partial charge in [-0.2, -0.15) is 0 Å². The standard InChI is InChI=1S/C25H22N2O4/c1-17(28)19-12-8-13-21(15-19)26-25(30)22(16-20-11-6-7-14-23(20)31-2)27-24(29)18-9-4-3-5-10-18/h3-16H,1-2H3,(H,26,30)(H,27,29). The van der Waals surface area contributed by atoms with E-state index in [9.17, 15) is 14.4 Å². The average molecular weight is 414 g/mol. The summed E-state index contributed by atoms with van der Waals surface area (Å²) in [6.07, 6.45) is 1.55. The molecule has 0 bridgehead atoms. The Bertz CT molecular complexity index is 1140. The topological polar surface area (TPSA) is 84.5 Å². The van der Waals surface area contributed by atoms with Crippen molar-refractivity contribution in [2.24, 2.45) is 0 Å². The Labute approximate surface area is 180 Å². The molecule has 3 aromatic rings. The first-order valence-corrected chi connectivity index (χ1v) is 9.61. The minimum Gasteiger partial charge on any atom is -0.496 e. The van der Waals surface area contributed by atoms with Crippen LogP contribution in [-0.2, 0) is 4.79 Å². The highest BCUT2D eigenvalue weighted by Crippen LogP contribution is 2.21. The lowest BCUT2D eigenvalue weighted by Gasteiger charge is -2.13. The van der Waals surface area contributed by atoms with Crippen LogP contribution in [0.3, 0.4) is 0 Å². The highest BCUT2D eigenvalue weighted by Gasteiger charge is 2.16. The number of Topliss-reactive ketones (excluding diaryl/α,β-unsaturated/α-hetero) is 1. The summed E-state index contributed by atoms with van der Waals surface area (Å²) >= 11 is 0. The number of carbonyl (C=O) groups is 3. The first-order valence-electron chi connectivity index (χ1n) is 9.61. The number of anilines is 1. The quantitative estimate of drug-likeness (QED) is 0.446. The number of methoxy groups -OCH3 is 1. The minimum absolute atomic E-state index is 0.0339. The van der Waals surface area contributed by atoms with Gasteiger partial charge in [0.1, 0.15) is 11.4 Å². The third kappa shape index (κ3) is 5.67. The van der Waals surface area contributed by atoms with E-state index in [2.05, 4.69) is 10.6 Å². The summed E-state index contributed by atoms with van der Waals surface area (Å²) in [5, 5.41) is 5.42. The predicted octanol–water partition coefficient (Wildman–Crippen LogP) is 4.31. The molecule has 6 heteroatoms. The molecule has 0 fully saturated rings. The van der Waals surface area contributed by atoms with E-state index >= 15 is 0 Å². The first-order chi connectivity index (χ1) is 15.0. The van der Waals surface area contributed by atoms with Crippen LogP contribution in [0.4, 0.5) is 5.69 Å². The highest BCUT2D eigenvalue weighted by molar-refractivity contribution is 6.11. The van der Waals surface area contributed by atoms with E-state index in [1.54, 1.807) is 78.9 Å². The molecule has 156 valence electrons. The number of rotatable bonds is 7. The van der Waals surface area contributed by atoms with Crippen molar-refractivity contribution in [3.8, 4) is 5.75 Å². The van der Waals surface area contributed by atoms with Crippen molar-refractivity contribution in [2.45, 2.75) is 6.92 Å². The van der Waals surface area contributed by atoms with Crippen LogP contribution in [0.5, 0.6) is 5.75 Å². The Hall–Kier alpha value is -4.19. The molecule has 0 aromatic heterocycles. The number of ether oxygens (including phenoxy) is 1. The molecular weight excluding hydrogens is 392 g/mol. The van der Waals surface area contributed by atoms with Gasteiger partial charge in [0.15, 0.2) is 5.78 Å². The van der Waals surface area contributed by atoms with Gasteiger partial charge in [-0.1, -0.05) is 48.5 Å². The van der Waals surface area contributed by atoms with Crippen molar-refractivity contribution in [3.05, 3.63) is 101 Å². The lowest BCUT2D eigenvalue weighted by Crippen LogP contribution is -2.30. The Balaban J connectivity index is 1.93. The highest BCUT2D eigenvalue weighted by atomic mass is 16.5. The molecule has 6 nitrogen and oxygen atoms in total. The van der Waals surface area contributed by atoms with Gasteiger partial charge in [0.05, 0.1) is 7.11 Å². The van der Waals surface area contributed by atoms with E-state index in [1.165, 1.54) is 14.0 Å². The van der Waals surface area contributed by atoms with E-state index in [0.29, 0.717) is 28.1 Å². The molecule has 31 heavy (non-hydrogen) atoms. The van der Waals surface area contributed by atoms with Gasteiger partial charge in [-0.15, -0.1) is 0 Å². The normalized spacial score (nSPS) is 10.8. The van der Waals surface area contributed by atoms with Crippen molar-refractivity contribution in [1.82, 2.24) is 5.32 Å². The van der Waals surface area contributed by atoms with Crippen molar-refractivity contribution in [1.29, 1.82) is 0 Å². The van der Waals surface area contributed by atoms with Gasteiger partial charge in [0, 0.05) is 22.4 Å². The Morgan fingerprint density at radius 2 is 1.52 bits per heavy atom. The van der Waals surface area contributed by atoms with E-state index in [4.69, 9.17) is 4.74 Å². The van der Waals surface area contributed by atoms with Gasteiger partial charge in [-0.25, -0.2) is 0 Å². The maximum absolute atomic E-state index is 13.0. The van der Waals surface area contributed by atoms with Crippen LogP contribution in [0.15, 0.2) is 84.6 Å². The summed E-state index contributed by atoms with van der Waals surface area (Å²) in [5.41, 5.74) is 1.99. The second kappa shape index (κ2) is 10.0. The maximum atomic E-state index is 13.0. The molecule has 0 radical (unpaired) electrons. The third-order valence-electron chi connectivity index (χ3n) is 4.49. The second-order valence-corrected chi connectivity index (χ2v) is 6.71. The summed E-state index contributed by atoms with van der Waals surface area (Å²) in [5.74, 6) is -0.510. The molecule has 0 atom stereocenters. The van der Waals surface area contributed by atoms with E-state index < -0.39 is 11.8 Å². The molecule has 0 saturated carbocycles. The molecule has 0 aliphatic carbocycles. The van der Waals surface area contributed by atoms with Crippen LogP contribution in [0, 0.1) is 0 Å². The summed E-state index contributed by atoms with van der Waals surface area (Å²) < 4.78 is 5.35. The Morgan fingerprint density at radius 1 is 0.839 bits per heavy atom. The number of para-hydroxylation sites is 1. The SMILES string of the molecule is COc1ccccc1C=C(NC(=O)c1ccccc1)C(=O)Nc1cccc(C(C)=O)c1. The molecule has 0 spiro atoms. The number of hydrogen-bond donors (Lipinski definition) is 2. The zero-order valence-electron chi connectivity index (χ0n) is 17.2. The monoisotopic (exact) mass is 414 g/mol. The summed E-state index contributed by atoms with van der Waals surface area (Å²) in [6.45, 7) is 1.45. The number of hydrogen-bond acceptors (Lipinski definition) is 4. The van der Waals surface area contributed by atoms with Crippen LogP contribution >= 0.6 is 0 Å². The number of amides is 2. The molecular formula is C25H22N2O4. The molecule has 3 aromatic carbocycles. The van der Waals surface area contributed by atoms with E-state index in [-0.39, 0.29) is 11.5 Å². The number of nitrogens with one attached hydrogen (secondary N) is 2. The lowest BCUT2D eigenvalue weighted by atomic mass is 10.1. The average Bonchev–Trinajstić information content (AvgIpc) is 2.79. The molecule has 0 saturated heterocycles. The van der Waals surface area contributed by atoms with Crippen LogP contribution in [-0.4, -0.2) is 24.7 Å². The van der Waals surface area contributed by atoms with E-state index in [0.717, 1.165) is 0 Å². The predicted molar refractivity (Wildman–Crippen MR) is 120 cm³/mol. The number of benzene rings is 3. The van der Waals surface area contributed by atoms with Crippen molar-refractivity contribution in [3.63, 3.8) is 0 Å². The largest absolute Gasteiger partial charge is 0.496 e. The van der Waals surface area contributed by atoms with Crippen LogP contribution < -0.4 is 15.4 Å². The lowest BCUT2D eigenvalue weighted by molar-refractivity contribution is -0.113. The smallest absolute Gasteiger partial charge is 0.272 e. The fourth-order valence-electron chi connectivity index (χ4n) is 2.90. The molecule has 0 heterocycles. The fourth-order valence-corrected chi connectivity index (χ4v) is 2.90. The van der Waals surface area contributed by atoms with Crippen molar-refractivity contribution >= 4 is 29.4 Å². The zero-order chi connectivity index (χ0) is 22.2. The van der Waals surface area contributed by atoms with Gasteiger partial charge in [-0.05, 0) is 43.3 Å². The number of ketones is 1. The van der Waals surface area contributed by atoms with Crippen molar-refractivity contribution < 1.29 is 19.1 Å². The van der Waals surface area contributed by atoms with Crippen LogP contribution in [0.25, 0.3) is 6.08 Å². The van der Waals surface area contributed by atoms with Gasteiger partial charge in [0.2, 0.25) is 0 Å². The summed E-state index contributed by atoms with van der Waals surface area (Å²) in [4.78, 5) is 37.4. The Kier molecular flexibility index (Phi) is 6.96. The summed E-state index contributed by atoms with van der Waals surface area (Å²) in [6, 6.07) is 22.4. The van der Waals surface area contributed by atoms with Crippen molar-refractivity contribution in [2.75, 3.05) is 12.4 Å². The first kappa shape index (κ1) is 21.5. The van der Waals surface area contributed by atoms with Gasteiger partial charge in [0.25, 0.3) is 11.8 Å². The zero-order valence-corrected chi connectivity index (χ0v) is 17.2. The van der Waals surface area contributed by atoms with Crippen LogP contribution in [0.2, 0.25) is 0 Å². The third-order valence-corrected chi connectivity index (χ3v) is 4.49.